The molecule has 146 valence electrons. The van der Waals surface area contributed by atoms with Crippen molar-refractivity contribution in [3.8, 4) is 0 Å². The maximum atomic E-state index is 12.7. The monoisotopic (exact) mass is 388 g/mol. The summed E-state index contributed by atoms with van der Waals surface area (Å²) in [7, 11) is 0. The van der Waals surface area contributed by atoms with Crippen LogP contribution in [0.1, 0.15) is 48.8 Å². The fourth-order valence-corrected chi connectivity index (χ4v) is 4.64. The van der Waals surface area contributed by atoms with E-state index in [-0.39, 0.29) is 6.03 Å². The summed E-state index contributed by atoms with van der Waals surface area (Å²) in [5.74, 6) is 0.826. The number of rotatable bonds is 4. The van der Waals surface area contributed by atoms with Gasteiger partial charge in [0.2, 0.25) is 0 Å². The number of urea groups is 1. The van der Waals surface area contributed by atoms with Crippen LogP contribution in [0.25, 0.3) is 0 Å². The Morgan fingerprint density at radius 3 is 2.70 bits per heavy atom. The summed E-state index contributed by atoms with van der Waals surface area (Å²) in [6.45, 7) is 6.15. The van der Waals surface area contributed by atoms with Crippen LogP contribution >= 0.6 is 11.3 Å². The van der Waals surface area contributed by atoms with Gasteiger partial charge in [0, 0.05) is 44.2 Å². The minimum atomic E-state index is -0.0169. The fraction of sp³-hybridized carbons (Fsp3) is 0.632. The van der Waals surface area contributed by atoms with Crippen molar-refractivity contribution in [2.75, 3.05) is 31.5 Å². The minimum absolute atomic E-state index is 0.0169. The van der Waals surface area contributed by atoms with Gasteiger partial charge in [-0.15, -0.1) is 11.3 Å². The second-order valence-electron chi connectivity index (χ2n) is 7.50. The van der Waals surface area contributed by atoms with Gasteiger partial charge in [-0.2, -0.15) is 5.10 Å². The Hall–Kier alpha value is -1.93. The molecule has 0 spiro atoms. The molecule has 4 rings (SSSR count). The van der Waals surface area contributed by atoms with E-state index in [2.05, 4.69) is 25.7 Å². The largest absolute Gasteiger partial charge is 0.323 e. The molecule has 2 aromatic heterocycles. The lowest BCUT2D eigenvalue weighted by Crippen LogP contribution is -2.49. The zero-order valence-electron chi connectivity index (χ0n) is 15.9. The lowest BCUT2D eigenvalue weighted by atomic mass is 9.96. The van der Waals surface area contributed by atoms with Gasteiger partial charge in [-0.1, -0.05) is 19.3 Å². The number of aryl methyl sites for hydroxylation is 1. The molecule has 1 N–H and O–H groups in total. The number of anilines is 1. The van der Waals surface area contributed by atoms with Crippen LogP contribution in [0.5, 0.6) is 0 Å². The average Bonchev–Trinajstić information content (AvgIpc) is 3.32. The van der Waals surface area contributed by atoms with Crippen molar-refractivity contribution in [2.45, 2.75) is 51.6 Å². The van der Waals surface area contributed by atoms with Crippen LogP contribution in [0.15, 0.2) is 17.6 Å². The number of nitrogens with zero attached hydrogens (tertiary/aromatic N) is 5. The first-order valence-corrected chi connectivity index (χ1v) is 10.8. The number of hydrogen-bond donors (Lipinski definition) is 1. The van der Waals surface area contributed by atoms with Crippen molar-refractivity contribution < 1.29 is 4.79 Å². The molecule has 8 heteroatoms. The molecular weight excluding hydrogens is 360 g/mol. The number of carbonyl (C=O) groups excluding carboxylic acids is 1. The van der Waals surface area contributed by atoms with Crippen LogP contribution in [-0.4, -0.2) is 56.8 Å². The summed E-state index contributed by atoms with van der Waals surface area (Å²) >= 11 is 1.69. The first-order valence-electron chi connectivity index (χ1n) is 9.92. The van der Waals surface area contributed by atoms with Crippen LogP contribution in [0.2, 0.25) is 0 Å². The number of aromatic nitrogens is 3. The predicted octanol–water partition coefficient (Wildman–Crippen LogP) is 3.50. The fourth-order valence-electron chi connectivity index (χ4n) is 4.04. The Morgan fingerprint density at radius 1 is 1.22 bits per heavy atom. The average molecular weight is 389 g/mol. The van der Waals surface area contributed by atoms with Crippen LogP contribution in [0.3, 0.4) is 0 Å². The molecule has 1 saturated carbocycles. The van der Waals surface area contributed by atoms with Gasteiger partial charge in [-0.25, -0.2) is 14.5 Å². The van der Waals surface area contributed by atoms with Gasteiger partial charge in [-0.3, -0.25) is 10.2 Å². The molecular formula is C19H28N6OS. The van der Waals surface area contributed by atoms with Gasteiger partial charge in [-0.05, 0) is 19.8 Å². The first kappa shape index (κ1) is 18.4. The standard InChI is InChI=1S/C19H28N6OS/c1-15-21-16(14-27-15)13-23-9-11-24(12-10-23)19(26)22-18-7-8-20-25(18)17-5-3-2-4-6-17/h7-8,14,17H,2-6,9-13H2,1H3,(H,22,26). The molecule has 1 aliphatic heterocycles. The number of hydrogen-bond acceptors (Lipinski definition) is 5. The van der Waals surface area contributed by atoms with Gasteiger partial charge in [0.25, 0.3) is 0 Å². The van der Waals surface area contributed by atoms with Gasteiger partial charge >= 0.3 is 6.03 Å². The lowest BCUT2D eigenvalue weighted by molar-refractivity contribution is 0.142. The molecule has 2 amide bonds. The van der Waals surface area contributed by atoms with E-state index >= 15 is 0 Å². The number of carbonyl (C=O) groups is 1. The molecule has 2 aliphatic rings. The van der Waals surface area contributed by atoms with Crippen LogP contribution in [-0.2, 0) is 6.54 Å². The Kier molecular flexibility index (Phi) is 5.73. The van der Waals surface area contributed by atoms with E-state index in [9.17, 15) is 4.79 Å². The normalized spacial score (nSPS) is 19.4. The number of nitrogens with one attached hydrogen (secondary N) is 1. The summed E-state index contributed by atoms with van der Waals surface area (Å²) in [4.78, 5) is 21.5. The first-order chi connectivity index (χ1) is 13.2. The van der Waals surface area contributed by atoms with Crippen molar-refractivity contribution in [2.24, 2.45) is 0 Å². The van der Waals surface area contributed by atoms with Crippen molar-refractivity contribution in [3.63, 3.8) is 0 Å². The van der Waals surface area contributed by atoms with Crippen molar-refractivity contribution >= 4 is 23.2 Å². The van der Waals surface area contributed by atoms with E-state index in [4.69, 9.17) is 0 Å². The Labute approximate surface area is 164 Å². The number of amides is 2. The molecule has 0 atom stereocenters. The predicted molar refractivity (Wildman–Crippen MR) is 107 cm³/mol. The smallest absolute Gasteiger partial charge is 0.322 e. The topological polar surface area (TPSA) is 66.3 Å². The van der Waals surface area contributed by atoms with Gasteiger partial charge in [0.1, 0.15) is 5.82 Å². The summed E-state index contributed by atoms with van der Waals surface area (Å²) in [6, 6.07) is 2.31. The van der Waals surface area contributed by atoms with Crippen LogP contribution < -0.4 is 5.32 Å². The Balaban J connectivity index is 1.29. The molecule has 2 aromatic rings. The maximum absolute atomic E-state index is 12.7. The second kappa shape index (κ2) is 8.39. The van der Waals surface area contributed by atoms with Crippen molar-refractivity contribution in [1.82, 2.24) is 24.6 Å². The molecule has 2 fully saturated rings. The summed E-state index contributed by atoms with van der Waals surface area (Å²) < 4.78 is 2.01. The Bertz CT molecular complexity index is 758. The van der Waals surface area contributed by atoms with Gasteiger partial charge < -0.3 is 4.90 Å². The third-order valence-corrected chi connectivity index (χ3v) is 6.36. The zero-order valence-corrected chi connectivity index (χ0v) is 16.7. The molecule has 1 saturated heterocycles. The second-order valence-corrected chi connectivity index (χ2v) is 8.57. The maximum Gasteiger partial charge on any atom is 0.323 e. The highest BCUT2D eigenvalue weighted by atomic mass is 32.1. The number of thiazole rings is 1. The summed E-state index contributed by atoms with van der Waals surface area (Å²) in [6.07, 6.45) is 7.90. The molecule has 0 radical (unpaired) electrons. The van der Waals surface area contributed by atoms with Gasteiger partial charge in [0.15, 0.2) is 0 Å². The highest BCUT2D eigenvalue weighted by Gasteiger charge is 2.24. The van der Waals surface area contributed by atoms with Crippen molar-refractivity contribution in [3.05, 3.63) is 28.3 Å². The highest BCUT2D eigenvalue weighted by molar-refractivity contribution is 7.09. The number of piperazine rings is 1. The van der Waals surface area contributed by atoms with Crippen LogP contribution in [0, 0.1) is 6.92 Å². The zero-order chi connectivity index (χ0) is 18.6. The summed E-state index contributed by atoms with van der Waals surface area (Å²) in [5.41, 5.74) is 1.13. The Morgan fingerprint density at radius 2 is 2.00 bits per heavy atom. The molecule has 27 heavy (non-hydrogen) atoms. The van der Waals surface area contributed by atoms with E-state index in [0.717, 1.165) is 62.1 Å². The van der Waals surface area contributed by atoms with Gasteiger partial charge in [0.05, 0.1) is 22.9 Å². The molecule has 3 heterocycles. The molecule has 0 aromatic carbocycles. The highest BCUT2D eigenvalue weighted by Crippen LogP contribution is 2.30. The van der Waals surface area contributed by atoms with E-state index in [1.54, 1.807) is 17.5 Å². The molecule has 7 nitrogen and oxygen atoms in total. The van der Waals surface area contributed by atoms with E-state index < -0.39 is 0 Å². The third-order valence-electron chi connectivity index (χ3n) is 5.54. The quantitative estimate of drug-likeness (QED) is 0.870. The lowest BCUT2D eigenvalue weighted by Gasteiger charge is -2.34. The molecule has 0 bridgehead atoms. The third kappa shape index (κ3) is 4.50. The molecule has 0 unspecified atom stereocenters. The van der Waals surface area contributed by atoms with E-state index in [0.29, 0.717) is 6.04 Å². The summed E-state index contributed by atoms with van der Waals surface area (Å²) in [5, 5.41) is 10.8. The molecule has 1 aliphatic carbocycles. The van der Waals surface area contributed by atoms with E-state index in [1.165, 1.54) is 19.3 Å². The minimum Gasteiger partial charge on any atom is -0.322 e. The van der Waals surface area contributed by atoms with Crippen LogP contribution in [0.4, 0.5) is 10.6 Å². The SMILES string of the molecule is Cc1nc(CN2CCN(C(=O)Nc3ccnn3C3CCCCC3)CC2)cs1. The van der Waals surface area contributed by atoms with E-state index in [1.807, 2.05) is 22.6 Å². The van der Waals surface area contributed by atoms with Crippen molar-refractivity contribution in [1.29, 1.82) is 0 Å².